The fraction of sp³-hybridized carbons (Fsp3) is 0.808. The molecule has 0 aromatic heterocycles. The smallest absolute Gasteiger partial charge is 0.328 e. The highest BCUT2D eigenvalue weighted by atomic mass is 16.5. The van der Waals surface area contributed by atoms with Gasteiger partial charge in [-0.05, 0) is 51.4 Å². The van der Waals surface area contributed by atoms with Crippen LogP contribution in [0, 0.1) is 5.92 Å². The molecule has 1 amide bonds. The van der Waals surface area contributed by atoms with Crippen molar-refractivity contribution in [2.24, 2.45) is 22.4 Å². The summed E-state index contributed by atoms with van der Waals surface area (Å²) in [5, 5.41) is 2.68. The maximum atomic E-state index is 12.5. The second kappa shape index (κ2) is 23.5. The molecule has 0 saturated heterocycles. The normalized spacial score (nSPS) is 12.2. The molecule has 0 aliphatic heterocycles. The number of hydrogen-bond donors (Lipinski definition) is 3. The summed E-state index contributed by atoms with van der Waals surface area (Å²) in [7, 11) is 0. The third kappa shape index (κ3) is 20.0. The van der Waals surface area contributed by atoms with Crippen molar-refractivity contribution in [2.45, 2.75) is 103 Å². The van der Waals surface area contributed by atoms with E-state index in [1.54, 1.807) is 0 Å². The monoisotopic (exact) mass is 528 g/mol. The Morgan fingerprint density at radius 3 is 2.11 bits per heavy atom. The first-order valence-corrected chi connectivity index (χ1v) is 13.6. The molecule has 37 heavy (non-hydrogen) atoms. The SMILES string of the molecule is CCCCCC(CCC)C(=O)OCCCCOC(=O)C(CCN=C(N)N)NC(=O)CCCCCOC=O. The van der Waals surface area contributed by atoms with Crippen molar-refractivity contribution < 1.29 is 33.4 Å². The zero-order valence-corrected chi connectivity index (χ0v) is 22.7. The summed E-state index contributed by atoms with van der Waals surface area (Å²) in [5.41, 5.74) is 10.7. The van der Waals surface area contributed by atoms with Gasteiger partial charge in [0.2, 0.25) is 5.91 Å². The van der Waals surface area contributed by atoms with Crippen LogP contribution in [0.15, 0.2) is 4.99 Å². The number of hydrogen-bond acceptors (Lipinski definition) is 8. The van der Waals surface area contributed by atoms with Crippen LogP contribution in [0.4, 0.5) is 0 Å². The Balaban J connectivity index is 4.40. The first kappa shape index (κ1) is 34.1. The van der Waals surface area contributed by atoms with Gasteiger partial charge < -0.3 is 31.0 Å². The van der Waals surface area contributed by atoms with E-state index in [1.807, 2.05) is 0 Å². The number of nitrogens with zero attached hydrogens (tertiary/aromatic N) is 1. The van der Waals surface area contributed by atoms with E-state index in [9.17, 15) is 19.2 Å². The average Bonchev–Trinajstić information content (AvgIpc) is 2.86. The van der Waals surface area contributed by atoms with E-state index in [-0.39, 0.29) is 56.4 Å². The molecular weight excluding hydrogens is 480 g/mol. The van der Waals surface area contributed by atoms with Gasteiger partial charge in [-0.1, -0.05) is 39.5 Å². The van der Waals surface area contributed by atoms with Crippen molar-refractivity contribution in [3.05, 3.63) is 0 Å². The Hall–Kier alpha value is -2.85. The van der Waals surface area contributed by atoms with Crippen LogP contribution < -0.4 is 16.8 Å². The lowest BCUT2D eigenvalue weighted by Crippen LogP contribution is -2.42. The van der Waals surface area contributed by atoms with E-state index in [4.69, 9.17) is 20.9 Å². The van der Waals surface area contributed by atoms with Gasteiger partial charge in [0.1, 0.15) is 6.04 Å². The van der Waals surface area contributed by atoms with Gasteiger partial charge in [-0.25, -0.2) is 4.79 Å². The molecule has 11 heteroatoms. The highest BCUT2D eigenvalue weighted by molar-refractivity contribution is 5.84. The summed E-state index contributed by atoms with van der Waals surface area (Å²) in [6, 6.07) is -0.871. The van der Waals surface area contributed by atoms with E-state index in [2.05, 4.69) is 28.9 Å². The summed E-state index contributed by atoms with van der Waals surface area (Å²) in [5.74, 6) is -1.13. The molecule has 0 aromatic rings. The molecule has 2 unspecified atom stereocenters. The molecule has 0 aromatic carbocycles. The third-order valence-electron chi connectivity index (χ3n) is 5.72. The Labute approximate surface area is 221 Å². The molecule has 5 N–H and O–H groups in total. The molecule has 0 radical (unpaired) electrons. The number of nitrogens with two attached hydrogens (primary N) is 2. The van der Waals surface area contributed by atoms with Gasteiger partial charge in [0, 0.05) is 13.0 Å². The van der Waals surface area contributed by atoms with Crippen molar-refractivity contribution in [1.29, 1.82) is 0 Å². The van der Waals surface area contributed by atoms with Crippen molar-refractivity contribution in [2.75, 3.05) is 26.4 Å². The molecule has 11 nitrogen and oxygen atoms in total. The molecule has 2 atom stereocenters. The summed E-state index contributed by atoms with van der Waals surface area (Å²) < 4.78 is 15.4. The second-order valence-corrected chi connectivity index (χ2v) is 9.02. The highest BCUT2D eigenvalue weighted by Crippen LogP contribution is 2.17. The number of carbonyl (C=O) groups is 4. The minimum atomic E-state index is -0.871. The number of rotatable bonds is 24. The van der Waals surface area contributed by atoms with Crippen molar-refractivity contribution >= 4 is 30.3 Å². The fourth-order valence-electron chi connectivity index (χ4n) is 3.67. The lowest BCUT2D eigenvalue weighted by atomic mass is 9.97. The van der Waals surface area contributed by atoms with Crippen LogP contribution in [0.25, 0.3) is 0 Å². The summed E-state index contributed by atoms with van der Waals surface area (Å²) in [6.45, 7) is 5.51. The summed E-state index contributed by atoms with van der Waals surface area (Å²) in [6.07, 6.45) is 9.41. The minimum absolute atomic E-state index is 0.0476. The van der Waals surface area contributed by atoms with Crippen molar-refractivity contribution in [3.8, 4) is 0 Å². The zero-order chi connectivity index (χ0) is 27.7. The van der Waals surface area contributed by atoms with E-state index in [0.717, 1.165) is 38.5 Å². The number of ether oxygens (including phenoxy) is 3. The molecular formula is C26H48N4O7. The maximum Gasteiger partial charge on any atom is 0.328 e. The molecule has 0 saturated carbocycles. The van der Waals surface area contributed by atoms with E-state index < -0.39 is 12.0 Å². The molecule has 214 valence electrons. The number of amides is 1. The van der Waals surface area contributed by atoms with Crippen LogP contribution in [-0.4, -0.2) is 62.7 Å². The van der Waals surface area contributed by atoms with E-state index >= 15 is 0 Å². The number of esters is 2. The second-order valence-electron chi connectivity index (χ2n) is 9.02. The van der Waals surface area contributed by atoms with Gasteiger partial charge in [0.25, 0.3) is 6.47 Å². The topological polar surface area (TPSA) is 172 Å². The maximum absolute atomic E-state index is 12.5. The lowest BCUT2D eigenvalue weighted by Gasteiger charge is -2.17. The lowest BCUT2D eigenvalue weighted by molar-refractivity contribution is -0.151. The number of nitrogens with one attached hydrogen (secondary N) is 1. The Bertz CT molecular complexity index is 669. The number of carbonyl (C=O) groups excluding carboxylic acids is 4. The molecule has 0 bridgehead atoms. The summed E-state index contributed by atoms with van der Waals surface area (Å²) in [4.78, 5) is 51.2. The highest BCUT2D eigenvalue weighted by Gasteiger charge is 2.22. The number of guanidine groups is 1. The largest absolute Gasteiger partial charge is 0.468 e. The van der Waals surface area contributed by atoms with Gasteiger partial charge >= 0.3 is 11.9 Å². The van der Waals surface area contributed by atoms with E-state index in [1.165, 1.54) is 0 Å². The fourth-order valence-corrected chi connectivity index (χ4v) is 3.67. The van der Waals surface area contributed by atoms with Gasteiger partial charge in [0.05, 0.1) is 25.7 Å². The van der Waals surface area contributed by atoms with Crippen LogP contribution >= 0.6 is 0 Å². The van der Waals surface area contributed by atoms with Crippen LogP contribution in [0.5, 0.6) is 0 Å². The third-order valence-corrected chi connectivity index (χ3v) is 5.72. The van der Waals surface area contributed by atoms with Gasteiger partial charge in [-0.15, -0.1) is 0 Å². The Morgan fingerprint density at radius 1 is 0.811 bits per heavy atom. The van der Waals surface area contributed by atoms with Gasteiger partial charge in [-0.3, -0.25) is 19.4 Å². The molecule has 0 fully saturated rings. The molecule has 0 aliphatic carbocycles. The number of aliphatic imine (C=N–C) groups is 1. The average molecular weight is 529 g/mol. The van der Waals surface area contributed by atoms with Gasteiger partial charge in [0.15, 0.2) is 5.96 Å². The Kier molecular flexibility index (Phi) is 21.7. The van der Waals surface area contributed by atoms with Crippen LogP contribution in [-0.2, 0) is 33.4 Å². The quantitative estimate of drug-likeness (QED) is 0.0425. The van der Waals surface area contributed by atoms with Crippen LogP contribution in [0.1, 0.15) is 97.3 Å². The first-order valence-electron chi connectivity index (χ1n) is 13.6. The minimum Gasteiger partial charge on any atom is -0.468 e. The van der Waals surface area contributed by atoms with Crippen LogP contribution in [0.3, 0.4) is 0 Å². The predicted molar refractivity (Wildman–Crippen MR) is 141 cm³/mol. The molecule has 0 rings (SSSR count). The van der Waals surface area contributed by atoms with Crippen molar-refractivity contribution in [1.82, 2.24) is 5.32 Å². The molecule has 0 aliphatic rings. The standard InChI is InChI=1S/C26H48N4O7/c1-3-5-7-13-21(12-4-2)24(33)36-18-10-11-19-37-25(34)22(15-16-29-26(27)28)30-23(32)14-8-6-9-17-35-20-31/h20-22H,3-19H2,1-2H3,(H,30,32)(H4,27,28,29). The Morgan fingerprint density at radius 2 is 1.49 bits per heavy atom. The van der Waals surface area contributed by atoms with Gasteiger partial charge in [-0.2, -0.15) is 0 Å². The number of unbranched alkanes of at least 4 members (excludes halogenated alkanes) is 5. The molecule has 0 heterocycles. The first-order chi connectivity index (χ1) is 17.8. The summed E-state index contributed by atoms with van der Waals surface area (Å²) >= 11 is 0. The zero-order valence-electron chi connectivity index (χ0n) is 22.7. The van der Waals surface area contributed by atoms with Crippen molar-refractivity contribution in [3.63, 3.8) is 0 Å². The predicted octanol–water partition coefficient (Wildman–Crippen LogP) is 2.73. The van der Waals surface area contributed by atoms with E-state index in [0.29, 0.717) is 45.2 Å². The van der Waals surface area contributed by atoms with Crippen LogP contribution in [0.2, 0.25) is 0 Å². The molecule has 0 spiro atoms.